The molecule has 1 aromatic carbocycles. The van der Waals surface area contributed by atoms with Crippen LogP contribution in [0.2, 0.25) is 0 Å². The molecule has 2 aromatic rings. The van der Waals surface area contributed by atoms with Gasteiger partial charge in [-0.25, -0.2) is 0 Å². The maximum Gasteiger partial charge on any atom is 0.120 e. The van der Waals surface area contributed by atoms with Crippen molar-refractivity contribution in [1.82, 2.24) is 10.3 Å². The average molecular weight is 349 g/mol. The molecule has 0 atom stereocenters. The maximum absolute atomic E-state index is 5.84. The minimum absolute atomic E-state index is 0.559. The van der Waals surface area contributed by atoms with Crippen LogP contribution in [0.1, 0.15) is 25.0 Å². The molecular formula is C17H21BrN2O. The number of hydrogen-bond acceptors (Lipinski definition) is 3. The Hall–Kier alpha value is -1.39. The first kappa shape index (κ1) is 16.0. The molecule has 1 N–H and O–H groups in total. The summed E-state index contributed by atoms with van der Waals surface area (Å²) >= 11 is 3.59. The molecule has 3 nitrogen and oxygen atoms in total. The summed E-state index contributed by atoms with van der Waals surface area (Å²) < 4.78 is 6.95. The quantitative estimate of drug-likeness (QED) is 0.815. The highest BCUT2D eigenvalue weighted by Gasteiger charge is 2.04. The molecule has 1 aromatic heterocycles. The van der Waals surface area contributed by atoms with Crippen LogP contribution in [0.25, 0.3) is 0 Å². The number of nitrogens with one attached hydrogen (secondary N) is 1. The van der Waals surface area contributed by atoms with E-state index in [0.29, 0.717) is 12.5 Å². The smallest absolute Gasteiger partial charge is 0.120 e. The highest BCUT2D eigenvalue weighted by molar-refractivity contribution is 9.10. The normalized spacial score (nSPS) is 10.9. The van der Waals surface area contributed by atoms with Gasteiger partial charge in [-0.3, -0.25) is 4.98 Å². The van der Waals surface area contributed by atoms with Gasteiger partial charge in [-0.05, 0) is 53.9 Å². The lowest BCUT2D eigenvalue weighted by Gasteiger charge is -2.12. The highest BCUT2D eigenvalue weighted by atomic mass is 79.9. The van der Waals surface area contributed by atoms with Crippen molar-refractivity contribution in [2.75, 3.05) is 6.54 Å². The molecule has 4 heteroatoms. The van der Waals surface area contributed by atoms with Crippen molar-refractivity contribution in [3.63, 3.8) is 0 Å². The van der Waals surface area contributed by atoms with Gasteiger partial charge in [-0.1, -0.05) is 29.8 Å². The third-order valence-electron chi connectivity index (χ3n) is 3.04. The fourth-order valence-corrected chi connectivity index (χ4v) is 2.30. The van der Waals surface area contributed by atoms with Crippen LogP contribution < -0.4 is 10.1 Å². The van der Waals surface area contributed by atoms with Crippen molar-refractivity contribution >= 4 is 15.9 Å². The van der Waals surface area contributed by atoms with E-state index >= 15 is 0 Å². The summed E-state index contributed by atoms with van der Waals surface area (Å²) in [7, 11) is 0. The van der Waals surface area contributed by atoms with Crippen molar-refractivity contribution in [3.8, 4) is 5.75 Å². The van der Waals surface area contributed by atoms with E-state index in [1.54, 1.807) is 12.4 Å². The Balaban J connectivity index is 1.94. The Morgan fingerprint density at radius 3 is 2.67 bits per heavy atom. The minimum atomic E-state index is 0.559. The van der Waals surface area contributed by atoms with Crippen LogP contribution in [0, 0.1) is 5.92 Å². The first-order valence-corrected chi connectivity index (χ1v) is 7.95. The summed E-state index contributed by atoms with van der Waals surface area (Å²) in [6.07, 6.45) is 3.56. The van der Waals surface area contributed by atoms with Crippen LogP contribution in [-0.4, -0.2) is 11.5 Å². The van der Waals surface area contributed by atoms with Gasteiger partial charge >= 0.3 is 0 Å². The Bertz CT molecular complexity index is 558. The van der Waals surface area contributed by atoms with Gasteiger partial charge in [0.1, 0.15) is 12.4 Å². The zero-order valence-corrected chi connectivity index (χ0v) is 14.1. The predicted molar refractivity (Wildman–Crippen MR) is 89.3 cm³/mol. The van der Waals surface area contributed by atoms with Gasteiger partial charge in [0.25, 0.3) is 0 Å². The molecule has 0 spiro atoms. The second-order valence-corrected chi connectivity index (χ2v) is 6.28. The van der Waals surface area contributed by atoms with Gasteiger partial charge in [0.15, 0.2) is 0 Å². The predicted octanol–water partition coefficient (Wildman–Crippen LogP) is 4.17. The minimum Gasteiger partial charge on any atom is -0.489 e. The van der Waals surface area contributed by atoms with Crippen LogP contribution in [0.4, 0.5) is 0 Å². The van der Waals surface area contributed by atoms with Crippen LogP contribution in [0.3, 0.4) is 0 Å². The van der Waals surface area contributed by atoms with Gasteiger partial charge in [0.05, 0.1) is 0 Å². The Morgan fingerprint density at radius 1 is 1.19 bits per heavy atom. The zero-order valence-electron chi connectivity index (χ0n) is 12.5. The molecule has 0 saturated carbocycles. The second kappa shape index (κ2) is 8.15. The number of ether oxygens (including phenoxy) is 1. The van der Waals surface area contributed by atoms with E-state index in [-0.39, 0.29) is 0 Å². The van der Waals surface area contributed by atoms with Gasteiger partial charge in [-0.15, -0.1) is 0 Å². The lowest BCUT2D eigenvalue weighted by molar-refractivity contribution is 0.305. The van der Waals surface area contributed by atoms with E-state index < -0.39 is 0 Å². The first-order chi connectivity index (χ1) is 10.1. The standard InChI is InChI=1S/C17H21BrN2O/c1-13(2)10-20-11-15-9-16(3-4-17(15)18)21-12-14-5-7-19-8-6-14/h3-9,13,20H,10-12H2,1-2H3. The van der Waals surface area contributed by atoms with Crippen LogP contribution in [-0.2, 0) is 13.2 Å². The number of benzene rings is 1. The Morgan fingerprint density at radius 2 is 1.95 bits per heavy atom. The Labute approximate surface area is 134 Å². The van der Waals surface area contributed by atoms with Crippen molar-refractivity contribution in [2.24, 2.45) is 5.92 Å². The molecule has 0 bridgehead atoms. The second-order valence-electron chi connectivity index (χ2n) is 5.42. The molecule has 2 rings (SSSR count). The summed E-state index contributed by atoms with van der Waals surface area (Å²) in [5.41, 5.74) is 2.33. The van der Waals surface area contributed by atoms with Crippen molar-refractivity contribution in [2.45, 2.75) is 27.0 Å². The molecule has 21 heavy (non-hydrogen) atoms. The molecule has 0 aliphatic rings. The molecule has 0 saturated heterocycles. The summed E-state index contributed by atoms with van der Waals surface area (Å²) in [5, 5.41) is 3.45. The largest absolute Gasteiger partial charge is 0.489 e. The van der Waals surface area contributed by atoms with Crippen molar-refractivity contribution in [3.05, 3.63) is 58.3 Å². The molecule has 1 heterocycles. The number of rotatable bonds is 7. The zero-order chi connectivity index (χ0) is 15.1. The van der Waals surface area contributed by atoms with E-state index in [4.69, 9.17) is 4.74 Å². The number of pyridine rings is 1. The van der Waals surface area contributed by atoms with Crippen molar-refractivity contribution in [1.29, 1.82) is 0 Å². The maximum atomic E-state index is 5.84. The molecule has 0 fully saturated rings. The lowest BCUT2D eigenvalue weighted by Crippen LogP contribution is -2.19. The summed E-state index contributed by atoms with van der Waals surface area (Å²) in [5.74, 6) is 1.53. The van der Waals surface area contributed by atoms with Gasteiger partial charge < -0.3 is 10.1 Å². The van der Waals surface area contributed by atoms with E-state index in [1.165, 1.54) is 5.56 Å². The fraction of sp³-hybridized carbons (Fsp3) is 0.353. The van der Waals surface area contributed by atoms with Crippen LogP contribution >= 0.6 is 15.9 Å². The molecular weight excluding hydrogens is 328 g/mol. The summed E-state index contributed by atoms with van der Waals surface area (Å²) in [4.78, 5) is 4.00. The number of aromatic nitrogens is 1. The third-order valence-corrected chi connectivity index (χ3v) is 3.81. The molecule has 0 aliphatic carbocycles. The molecule has 0 aliphatic heterocycles. The molecule has 0 unspecified atom stereocenters. The number of nitrogens with zero attached hydrogens (tertiary/aromatic N) is 1. The van der Waals surface area contributed by atoms with Crippen molar-refractivity contribution < 1.29 is 4.74 Å². The molecule has 0 radical (unpaired) electrons. The number of hydrogen-bond donors (Lipinski definition) is 1. The van der Waals surface area contributed by atoms with E-state index in [9.17, 15) is 0 Å². The summed E-state index contributed by atoms with van der Waals surface area (Å²) in [6.45, 7) is 6.81. The third kappa shape index (κ3) is 5.48. The molecule has 112 valence electrons. The van der Waals surface area contributed by atoms with Gasteiger partial charge in [-0.2, -0.15) is 0 Å². The van der Waals surface area contributed by atoms with E-state index in [2.05, 4.69) is 46.1 Å². The average Bonchev–Trinajstić information content (AvgIpc) is 2.48. The fourth-order valence-electron chi connectivity index (χ4n) is 1.92. The summed E-state index contributed by atoms with van der Waals surface area (Å²) in [6, 6.07) is 10.0. The molecule has 0 amide bonds. The van der Waals surface area contributed by atoms with Crippen LogP contribution in [0.15, 0.2) is 47.2 Å². The Kier molecular flexibility index (Phi) is 6.21. The first-order valence-electron chi connectivity index (χ1n) is 7.16. The number of halogens is 1. The van der Waals surface area contributed by atoms with Crippen LogP contribution in [0.5, 0.6) is 5.75 Å². The van der Waals surface area contributed by atoms with E-state index in [1.807, 2.05) is 24.3 Å². The lowest BCUT2D eigenvalue weighted by atomic mass is 10.2. The highest BCUT2D eigenvalue weighted by Crippen LogP contribution is 2.23. The monoisotopic (exact) mass is 348 g/mol. The van der Waals surface area contributed by atoms with Gasteiger partial charge in [0, 0.05) is 23.4 Å². The SMILES string of the molecule is CC(C)CNCc1cc(OCc2ccncc2)ccc1Br. The van der Waals surface area contributed by atoms with E-state index in [0.717, 1.165) is 28.9 Å². The topological polar surface area (TPSA) is 34.1 Å². The van der Waals surface area contributed by atoms with Gasteiger partial charge in [0.2, 0.25) is 0 Å².